The number of carboxylic acids is 1. The number of hydrogen-bond acceptors (Lipinski definition) is 3. The Morgan fingerprint density at radius 2 is 2.00 bits per heavy atom. The van der Waals surface area contributed by atoms with Crippen LogP contribution in [0.5, 0.6) is 0 Å². The summed E-state index contributed by atoms with van der Waals surface area (Å²) in [7, 11) is 1.43. The van der Waals surface area contributed by atoms with E-state index >= 15 is 0 Å². The highest BCUT2D eigenvalue weighted by Crippen LogP contribution is 2.17. The summed E-state index contributed by atoms with van der Waals surface area (Å²) in [4.78, 5) is 34.3. The first-order valence-electron chi connectivity index (χ1n) is 5.45. The third-order valence-electron chi connectivity index (χ3n) is 2.45. The van der Waals surface area contributed by atoms with Gasteiger partial charge in [0.2, 0.25) is 5.91 Å². The maximum absolute atomic E-state index is 11.7. The SMILES string of the molecule is Cc1cc(C(=O)O)ccc1NC(=O)N(C)CC(N)=O. The summed E-state index contributed by atoms with van der Waals surface area (Å²) in [5.41, 5.74) is 6.21. The highest BCUT2D eigenvalue weighted by molar-refractivity contribution is 5.94. The van der Waals surface area contributed by atoms with Crippen LogP contribution >= 0.6 is 0 Å². The molecule has 1 rings (SSSR count). The van der Waals surface area contributed by atoms with Crippen molar-refractivity contribution < 1.29 is 19.5 Å². The number of hydrogen-bond donors (Lipinski definition) is 3. The Kier molecular flexibility index (Phi) is 4.46. The summed E-state index contributed by atoms with van der Waals surface area (Å²) >= 11 is 0. The number of nitrogens with two attached hydrogens (primary N) is 1. The molecule has 4 N–H and O–H groups in total. The van der Waals surface area contributed by atoms with Crippen molar-refractivity contribution in [3.8, 4) is 0 Å². The maximum Gasteiger partial charge on any atom is 0.335 e. The number of nitrogens with one attached hydrogen (secondary N) is 1. The highest BCUT2D eigenvalue weighted by Gasteiger charge is 2.13. The van der Waals surface area contributed by atoms with Crippen molar-refractivity contribution in [3.05, 3.63) is 29.3 Å². The van der Waals surface area contributed by atoms with Gasteiger partial charge in [-0.1, -0.05) is 0 Å². The van der Waals surface area contributed by atoms with Crippen molar-refractivity contribution in [1.82, 2.24) is 4.90 Å². The molecule has 7 nitrogen and oxygen atoms in total. The Bertz CT molecular complexity index is 528. The number of anilines is 1. The van der Waals surface area contributed by atoms with Gasteiger partial charge in [0, 0.05) is 12.7 Å². The molecule has 0 aliphatic rings. The van der Waals surface area contributed by atoms with E-state index in [0.29, 0.717) is 11.3 Å². The Morgan fingerprint density at radius 1 is 1.37 bits per heavy atom. The van der Waals surface area contributed by atoms with Gasteiger partial charge in [-0.05, 0) is 30.7 Å². The molecule has 7 heteroatoms. The first kappa shape index (κ1) is 14.5. The lowest BCUT2D eigenvalue weighted by Crippen LogP contribution is -2.38. The molecule has 0 aromatic heterocycles. The average molecular weight is 265 g/mol. The normalized spacial score (nSPS) is 9.79. The smallest absolute Gasteiger partial charge is 0.335 e. The number of aryl methyl sites for hydroxylation is 1. The van der Waals surface area contributed by atoms with E-state index < -0.39 is 17.9 Å². The van der Waals surface area contributed by atoms with Gasteiger partial charge in [0.15, 0.2) is 0 Å². The van der Waals surface area contributed by atoms with Crippen molar-refractivity contribution in [2.24, 2.45) is 5.73 Å². The van der Waals surface area contributed by atoms with E-state index in [1.54, 1.807) is 6.92 Å². The molecule has 19 heavy (non-hydrogen) atoms. The van der Waals surface area contributed by atoms with Crippen molar-refractivity contribution in [2.45, 2.75) is 6.92 Å². The molecule has 3 amide bonds. The van der Waals surface area contributed by atoms with Gasteiger partial charge >= 0.3 is 12.0 Å². The van der Waals surface area contributed by atoms with Crippen LogP contribution in [0.1, 0.15) is 15.9 Å². The molecule has 0 heterocycles. The fourth-order valence-electron chi connectivity index (χ4n) is 1.45. The monoisotopic (exact) mass is 265 g/mol. The fraction of sp³-hybridized carbons (Fsp3) is 0.250. The summed E-state index contributed by atoms with van der Waals surface area (Å²) < 4.78 is 0. The lowest BCUT2D eigenvalue weighted by Gasteiger charge is -2.17. The van der Waals surface area contributed by atoms with Gasteiger partial charge < -0.3 is 21.1 Å². The van der Waals surface area contributed by atoms with Crippen LogP contribution in [0.2, 0.25) is 0 Å². The number of likely N-dealkylation sites (N-methyl/N-ethyl adjacent to an activating group) is 1. The van der Waals surface area contributed by atoms with E-state index in [0.717, 1.165) is 4.90 Å². The van der Waals surface area contributed by atoms with E-state index in [1.807, 2.05) is 0 Å². The predicted molar refractivity (Wildman–Crippen MR) is 69.0 cm³/mol. The second-order valence-electron chi connectivity index (χ2n) is 4.09. The largest absolute Gasteiger partial charge is 0.478 e. The molecule has 0 bridgehead atoms. The first-order valence-corrected chi connectivity index (χ1v) is 5.45. The minimum absolute atomic E-state index is 0.140. The highest BCUT2D eigenvalue weighted by atomic mass is 16.4. The molecule has 1 aromatic rings. The molecular weight excluding hydrogens is 250 g/mol. The zero-order chi connectivity index (χ0) is 14.6. The van der Waals surface area contributed by atoms with E-state index in [4.69, 9.17) is 10.8 Å². The first-order chi connectivity index (χ1) is 8.81. The zero-order valence-corrected chi connectivity index (χ0v) is 10.6. The Balaban J connectivity index is 2.80. The summed E-state index contributed by atoms with van der Waals surface area (Å²) in [6.07, 6.45) is 0. The summed E-state index contributed by atoms with van der Waals surface area (Å²) in [5, 5.41) is 11.4. The van der Waals surface area contributed by atoms with Crippen molar-refractivity contribution in [1.29, 1.82) is 0 Å². The number of carbonyl (C=O) groups is 3. The summed E-state index contributed by atoms with van der Waals surface area (Å²) in [6, 6.07) is 3.84. The Morgan fingerprint density at radius 3 is 2.47 bits per heavy atom. The quantitative estimate of drug-likeness (QED) is 0.741. The van der Waals surface area contributed by atoms with Gasteiger partial charge in [-0.3, -0.25) is 4.79 Å². The number of carbonyl (C=O) groups excluding carboxylic acids is 2. The average Bonchev–Trinajstić information content (AvgIpc) is 2.30. The minimum Gasteiger partial charge on any atom is -0.478 e. The van der Waals surface area contributed by atoms with E-state index in [2.05, 4.69) is 5.32 Å². The van der Waals surface area contributed by atoms with Crippen LogP contribution in [0.4, 0.5) is 10.5 Å². The molecule has 0 spiro atoms. The molecule has 0 radical (unpaired) electrons. The number of benzene rings is 1. The van der Waals surface area contributed by atoms with Gasteiger partial charge in [0.05, 0.1) is 5.56 Å². The molecule has 102 valence electrons. The van der Waals surface area contributed by atoms with Crippen LogP contribution in [0.3, 0.4) is 0 Å². The maximum atomic E-state index is 11.7. The van der Waals surface area contributed by atoms with Crippen LogP contribution in [0.25, 0.3) is 0 Å². The number of amides is 3. The van der Waals surface area contributed by atoms with Crippen LogP contribution in [0.15, 0.2) is 18.2 Å². The number of urea groups is 1. The molecular formula is C12H15N3O4. The molecule has 0 saturated carbocycles. The molecule has 1 aromatic carbocycles. The summed E-state index contributed by atoms with van der Waals surface area (Å²) in [6.45, 7) is 1.48. The van der Waals surface area contributed by atoms with Gasteiger partial charge in [0.1, 0.15) is 6.54 Å². The summed E-state index contributed by atoms with van der Waals surface area (Å²) in [5.74, 6) is -1.65. The lowest BCUT2D eigenvalue weighted by molar-refractivity contribution is -0.118. The zero-order valence-electron chi connectivity index (χ0n) is 10.6. The van der Waals surface area contributed by atoms with Crippen LogP contribution in [0, 0.1) is 6.92 Å². The number of nitrogens with zero attached hydrogens (tertiary/aromatic N) is 1. The molecule has 0 atom stereocenters. The molecule has 0 fully saturated rings. The van der Waals surface area contributed by atoms with Crippen LogP contribution in [-0.2, 0) is 4.79 Å². The Hall–Kier alpha value is -2.57. The van der Waals surface area contributed by atoms with Gasteiger partial charge in [-0.15, -0.1) is 0 Å². The fourth-order valence-corrected chi connectivity index (χ4v) is 1.45. The third kappa shape index (κ3) is 3.98. The van der Waals surface area contributed by atoms with Gasteiger partial charge in [0.25, 0.3) is 0 Å². The van der Waals surface area contributed by atoms with Crippen molar-refractivity contribution in [2.75, 3.05) is 18.9 Å². The predicted octanol–water partition coefficient (Wildman–Crippen LogP) is 0.642. The molecule has 0 aliphatic carbocycles. The molecule has 0 aliphatic heterocycles. The van der Waals surface area contributed by atoms with E-state index in [9.17, 15) is 14.4 Å². The number of rotatable bonds is 4. The number of aromatic carboxylic acids is 1. The van der Waals surface area contributed by atoms with E-state index in [1.165, 1.54) is 25.2 Å². The van der Waals surface area contributed by atoms with Gasteiger partial charge in [-0.25, -0.2) is 9.59 Å². The van der Waals surface area contributed by atoms with E-state index in [-0.39, 0.29) is 12.1 Å². The topological polar surface area (TPSA) is 113 Å². The lowest BCUT2D eigenvalue weighted by atomic mass is 10.1. The number of carboxylic acid groups (broad SMARTS) is 1. The standard InChI is InChI=1S/C12H15N3O4/c1-7-5-8(11(17)18)3-4-9(7)14-12(19)15(2)6-10(13)16/h3-5H,6H2,1-2H3,(H2,13,16)(H,14,19)(H,17,18). The van der Waals surface area contributed by atoms with Gasteiger partial charge in [-0.2, -0.15) is 0 Å². The second-order valence-corrected chi connectivity index (χ2v) is 4.09. The third-order valence-corrected chi connectivity index (χ3v) is 2.45. The second kappa shape index (κ2) is 5.85. The van der Waals surface area contributed by atoms with Crippen molar-refractivity contribution >= 4 is 23.6 Å². The minimum atomic E-state index is -1.04. The Labute approximate surface area is 110 Å². The van der Waals surface area contributed by atoms with Crippen LogP contribution in [-0.4, -0.2) is 41.5 Å². The number of primary amides is 1. The molecule has 0 unspecified atom stereocenters. The van der Waals surface area contributed by atoms with Crippen LogP contribution < -0.4 is 11.1 Å². The molecule has 0 saturated heterocycles. The van der Waals surface area contributed by atoms with Crippen molar-refractivity contribution in [3.63, 3.8) is 0 Å².